The first-order valence-corrected chi connectivity index (χ1v) is 4.32. The van der Waals surface area contributed by atoms with Crippen molar-refractivity contribution in [1.29, 1.82) is 0 Å². The monoisotopic (exact) mass is 159 g/mol. The van der Waals surface area contributed by atoms with E-state index in [1.807, 2.05) is 0 Å². The summed E-state index contributed by atoms with van der Waals surface area (Å²) in [6, 6.07) is 0. The normalized spacial score (nSPS) is 12.5. The zero-order valence-corrected chi connectivity index (χ0v) is 8.18. The molecule has 0 aliphatic rings. The fourth-order valence-corrected chi connectivity index (χ4v) is 1.38. The molecule has 0 aliphatic carbocycles. The van der Waals surface area contributed by atoms with Crippen molar-refractivity contribution in [3.05, 3.63) is 0 Å². The van der Waals surface area contributed by atoms with E-state index in [1.165, 1.54) is 0 Å². The van der Waals surface area contributed by atoms with E-state index in [9.17, 15) is 0 Å². The molecule has 0 aromatic heterocycles. The zero-order chi connectivity index (χ0) is 8.91. The first kappa shape index (κ1) is 10.9. The second-order valence-corrected chi connectivity index (χ2v) is 3.99. The Kier molecular flexibility index (Phi) is 4.69. The van der Waals surface area contributed by atoms with E-state index >= 15 is 0 Å². The Morgan fingerprint density at radius 1 is 1.36 bits per heavy atom. The highest BCUT2D eigenvalue weighted by molar-refractivity contribution is 4.70. The van der Waals surface area contributed by atoms with Gasteiger partial charge in [0.2, 0.25) is 0 Å². The summed E-state index contributed by atoms with van der Waals surface area (Å²) >= 11 is 0. The average molecular weight is 159 g/mol. The third kappa shape index (κ3) is 6.32. The molecule has 11 heavy (non-hydrogen) atoms. The number of nitrogens with two attached hydrogens (primary N) is 1. The highest BCUT2D eigenvalue weighted by Gasteiger charge is 2.18. The van der Waals surface area contributed by atoms with Crippen LogP contribution >= 0.6 is 0 Å². The first-order chi connectivity index (χ1) is 4.98. The van der Waals surface area contributed by atoms with Crippen LogP contribution in [-0.2, 0) is 4.74 Å². The maximum Gasteiger partial charge on any atom is 0.0629 e. The summed E-state index contributed by atoms with van der Waals surface area (Å²) in [6.45, 7) is 9.91. The van der Waals surface area contributed by atoms with Gasteiger partial charge in [-0.15, -0.1) is 0 Å². The molecular weight excluding hydrogens is 138 g/mol. The molecule has 0 rings (SSSR count). The second-order valence-electron chi connectivity index (χ2n) is 3.99. The molecule has 0 aliphatic heterocycles. The summed E-state index contributed by atoms with van der Waals surface area (Å²) < 4.78 is 5.56. The second kappa shape index (κ2) is 4.73. The van der Waals surface area contributed by atoms with Crippen LogP contribution in [0.4, 0.5) is 0 Å². The van der Waals surface area contributed by atoms with Crippen molar-refractivity contribution in [3.8, 4) is 0 Å². The van der Waals surface area contributed by atoms with Gasteiger partial charge in [0.1, 0.15) is 0 Å². The van der Waals surface area contributed by atoms with E-state index in [1.54, 1.807) is 0 Å². The lowest BCUT2D eigenvalue weighted by Gasteiger charge is -2.26. The molecular formula is C9H21NO. The van der Waals surface area contributed by atoms with Crippen LogP contribution in [0.15, 0.2) is 0 Å². The Labute approximate surface area is 70.1 Å². The molecule has 0 radical (unpaired) electrons. The molecule has 0 bridgehead atoms. The number of ether oxygens (including phenoxy) is 1. The van der Waals surface area contributed by atoms with Gasteiger partial charge in [0.15, 0.2) is 0 Å². The molecule has 2 N–H and O–H groups in total. The van der Waals surface area contributed by atoms with Crippen molar-refractivity contribution in [2.45, 2.75) is 39.7 Å². The van der Waals surface area contributed by atoms with E-state index in [0.717, 1.165) is 6.42 Å². The molecule has 2 heteroatoms. The van der Waals surface area contributed by atoms with Gasteiger partial charge in [-0.25, -0.2) is 0 Å². The zero-order valence-electron chi connectivity index (χ0n) is 8.18. The lowest BCUT2D eigenvalue weighted by Crippen LogP contribution is -2.29. The van der Waals surface area contributed by atoms with Gasteiger partial charge in [-0.1, -0.05) is 13.8 Å². The van der Waals surface area contributed by atoms with E-state index in [0.29, 0.717) is 19.1 Å². The minimum absolute atomic E-state index is 0.00641. The molecule has 0 heterocycles. The summed E-state index contributed by atoms with van der Waals surface area (Å²) in [7, 11) is 0. The van der Waals surface area contributed by atoms with Gasteiger partial charge >= 0.3 is 0 Å². The summed E-state index contributed by atoms with van der Waals surface area (Å²) in [5.41, 5.74) is 5.34. The summed E-state index contributed by atoms with van der Waals surface area (Å²) in [4.78, 5) is 0. The Morgan fingerprint density at radius 2 is 1.91 bits per heavy atom. The smallest absolute Gasteiger partial charge is 0.0629 e. The quantitative estimate of drug-likeness (QED) is 0.663. The maximum absolute atomic E-state index is 5.56. The molecule has 0 aromatic carbocycles. The van der Waals surface area contributed by atoms with Crippen molar-refractivity contribution in [2.24, 2.45) is 11.7 Å². The molecule has 0 saturated carbocycles. The van der Waals surface area contributed by atoms with Crippen LogP contribution in [-0.4, -0.2) is 18.8 Å². The summed E-state index contributed by atoms with van der Waals surface area (Å²) in [5, 5.41) is 0. The van der Waals surface area contributed by atoms with Gasteiger partial charge in [-0.2, -0.15) is 0 Å². The molecule has 2 nitrogen and oxygen atoms in total. The van der Waals surface area contributed by atoms with Crippen LogP contribution in [0.25, 0.3) is 0 Å². The van der Waals surface area contributed by atoms with Gasteiger partial charge < -0.3 is 10.5 Å². The van der Waals surface area contributed by atoms with Crippen LogP contribution in [0.3, 0.4) is 0 Å². The number of hydrogen-bond donors (Lipinski definition) is 1. The Balaban J connectivity index is 3.61. The molecule has 0 spiro atoms. The highest BCUT2D eigenvalue weighted by Crippen LogP contribution is 2.19. The Bertz CT molecular complexity index is 99.7. The molecule has 0 saturated heterocycles. The minimum atomic E-state index is -0.00641. The van der Waals surface area contributed by atoms with Gasteiger partial charge in [0.05, 0.1) is 12.2 Å². The predicted octanol–water partition coefficient (Wildman–Crippen LogP) is 1.79. The Hall–Kier alpha value is -0.0800. The molecule has 68 valence electrons. The lowest BCUT2D eigenvalue weighted by molar-refractivity contribution is -0.0271. The first-order valence-electron chi connectivity index (χ1n) is 4.32. The van der Waals surface area contributed by atoms with E-state index in [4.69, 9.17) is 10.5 Å². The fourth-order valence-electron chi connectivity index (χ4n) is 1.38. The van der Waals surface area contributed by atoms with Crippen LogP contribution in [0, 0.1) is 5.92 Å². The van der Waals surface area contributed by atoms with Crippen molar-refractivity contribution >= 4 is 0 Å². The predicted molar refractivity (Wildman–Crippen MR) is 48.5 cm³/mol. The molecule has 0 fully saturated rings. The summed E-state index contributed by atoms with van der Waals surface area (Å²) in [6.07, 6.45) is 1.09. The third-order valence-corrected chi connectivity index (χ3v) is 1.51. The SMILES string of the molecule is CC(C)CC(C)(C)OCCN. The van der Waals surface area contributed by atoms with Crippen LogP contribution in [0.1, 0.15) is 34.1 Å². The van der Waals surface area contributed by atoms with Crippen LogP contribution in [0.5, 0.6) is 0 Å². The fraction of sp³-hybridized carbons (Fsp3) is 1.00. The van der Waals surface area contributed by atoms with Gasteiger partial charge in [-0.3, -0.25) is 0 Å². The minimum Gasteiger partial charge on any atom is -0.374 e. The van der Waals surface area contributed by atoms with Crippen molar-refractivity contribution < 1.29 is 4.74 Å². The molecule has 0 aromatic rings. The lowest BCUT2D eigenvalue weighted by atomic mass is 9.96. The maximum atomic E-state index is 5.56. The van der Waals surface area contributed by atoms with E-state index < -0.39 is 0 Å². The van der Waals surface area contributed by atoms with Crippen LogP contribution < -0.4 is 5.73 Å². The number of hydrogen-bond acceptors (Lipinski definition) is 2. The van der Waals surface area contributed by atoms with Gasteiger partial charge in [0.25, 0.3) is 0 Å². The largest absolute Gasteiger partial charge is 0.374 e. The topological polar surface area (TPSA) is 35.2 Å². The van der Waals surface area contributed by atoms with Crippen LogP contribution in [0.2, 0.25) is 0 Å². The third-order valence-electron chi connectivity index (χ3n) is 1.51. The van der Waals surface area contributed by atoms with E-state index in [-0.39, 0.29) is 5.60 Å². The number of rotatable bonds is 5. The van der Waals surface area contributed by atoms with Crippen molar-refractivity contribution in [1.82, 2.24) is 0 Å². The van der Waals surface area contributed by atoms with E-state index in [2.05, 4.69) is 27.7 Å². The standard InChI is InChI=1S/C9H21NO/c1-8(2)7-9(3,4)11-6-5-10/h8H,5-7,10H2,1-4H3. The Morgan fingerprint density at radius 3 is 2.27 bits per heavy atom. The van der Waals surface area contributed by atoms with Crippen molar-refractivity contribution in [2.75, 3.05) is 13.2 Å². The van der Waals surface area contributed by atoms with Gasteiger partial charge in [-0.05, 0) is 26.2 Å². The molecule has 0 atom stereocenters. The molecule has 0 amide bonds. The average Bonchev–Trinajstić information content (AvgIpc) is 1.81. The summed E-state index contributed by atoms with van der Waals surface area (Å²) in [5.74, 6) is 0.683. The highest BCUT2D eigenvalue weighted by atomic mass is 16.5. The van der Waals surface area contributed by atoms with Crippen molar-refractivity contribution in [3.63, 3.8) is 0 Å². The van der Waals surface area contributed by atoms with Gasteiger partial charge in [0, 0.05) is 6.54 Å². The molecule has 0 unspecified atom stereocenters.